The van der Waals surface area contributed by atoms with Gasteiger partial charge in [0.2, 0.25) is 0 Å². The van der Waals surface area contributed by atoms with E-state index in [0.29, 0.717) is 0 Å². The Morgan fingerprint density at radius 2 is 1.92 bits per heavy atom. The SMILES string of the molecule is CCCCNC(=O)NC(C)(C)CC. The van der Waals surface area contributed by atoms with Crippen molar-refractivity contribution in [3.05, 3.63) is 0 Å². The summed E-state index contributed by atoms with van der Waals surface area (Å²) in [5.41, 5.74) is -0.101. The second-order valence-corrected chi connectivity index (χ2v) is 3.97. The van der Waals surface area contributed by atoms with E-state index in [1.807, 2.05) is 13.8 Å². The van der Waals surface area contributed by atoms with Crippen LogP contribution >= 0.6 is 0 Å². The van der Waals surface area contributed by atoms with Gasteiger partial charge in [-0.2, -0.15) is 0 Å². The van der Waals surface area contributed by atoms with E-state index < -0.39 is 0 Å². The Balaban J connectivity index is 3.62. The summed E-state index contributed by atoms with van der Waals surface area (Å²) >= 11 is 0. The molecule has 0 aliphatic carbocycles. The normalized spacial score (nSPS) is 11.1. The molecule has 0 bridgehead atoms. The van der Waals surface area contributed by atoms with Crippen molar-refractivity contribution in [2.24, 2.45) is 0 Å². The van der Waals surface area contributed by atoms with Crippen molar-refractivity contribution in [2.75, 3.05) is 6.54 Å². The Hall–Kier alpha value is -0.730. The molecule has 0 unspecified atom stereocenters. The van der Waals surface area contributed by atoms with Gasteiger partial charge in [-0.05, 0) is 26.7 Å². The number of rotatable bonds is 5. The third-order valence-corrected chi connectivity index (χ3v) is 2.15. The third-order valence-electron chi connectivity index (χ3n) is 2.15. The van der Waals surface area contributed by atoms with E-state index in [4.69, 9.17) is 0 Å². The van der Waals surface area contributed by atoms with Crippen LogP contribution in [0.4, 0.5) is 4.79 Å². The third kappa shape index (κ3) is 6.43. The van der Waals surface area contributed by atoms with Gasteiger partial charge >= 0.3 is 6.03 Å². The molecule has 0 aliphatic heterocycles. The monoisotopic (exact) mass is 186 g/mol. The molecule has 0 saturated carbocycles. The van der Waals surface area contributed by atoms with Crippen LogP contribution in [0, 0.1) is 0 Å². The first-order chi connectivity index (χ1) is 6.02. The summed E-state index contributed by atoms with van der Waals surface area (Å²) < 4.78 is 0. The van der Waals surface area contributed by atoms with Crippen molar-refractivity contribution in [3.63, 3.8) is 0 Å². The summed E-state index contributed by atoms with van der Waals surface area (Å²) in [6.07, 6.45) is 3.09. The summed E-state index contributed by atoms with van der Waals surface area (Å²) in [6, 6.07) is -0.0553. The number of hydrogen-bond donors (Lipinski definition) is 2. The molecule has 0 atom stereocenters. The van der Waals surface area contributed by atoms with E-state index in [9.17, 15) is 4.79 Å². The van der Waals surface area contributed by atoms with Crippen molar-refractivity contribution in [3.8, 4) is 0 Å². The van der Waals surface area contributed by atoms with Crippen molar-refractivity contribution < 1.29 is 4.79 Å². The molecule has 0 radical (unpaired) electrons. The summed E-state index contributed by atoms with van der Waals surface area (Å²) in [5, 5.41) is 5.74. The maximum atomic E-state index is 11.3. The number of amides is 2. The van der Waals surface area contributed by atoms with Crippen molar-refractivity contribution >= 4 is 6.03 Å². The van der Waals surface area contributed by atoms with Crippen LogP contribution in [0.1, 0.15) is 47.0 Å². The Kier molecular flexibility index (Phi) is 5.51. The maximum absolute atomic E-state index is 11.3. The van der Waals surface area contributed by atoms with E-state index in [0.717, 1.165) is 25.8 Å². The molecule has 0 aliphatic rings. The number of carbonyl (C=O) groups excluding carboxylic acids is 1. The molecule has 0 fully saturated rings. The lowest BCUT2D eigenvalue weighted by Crippen LogP contribution is -2.48. The molecule has 0 saturated heterocycles. The second kappa shape index (κ2) is 5.84. The van der Waals surface area contributed by atoms with Gasteiger partial charge in [0.25, 0.3) is 0 Å². The number of unbranched alkanes of at least 4 members (excludes halogenated alkanes) is 1. The largest absolute Gasteiger partial charge is 0.338 e. The Bertz CT molecular complexity index is 155. The second-order valence-electron chi connectivity index (χ2n) is 3.97. The van der Waals surface area contributed by atoms with Crippen molar-refractivity contribution in [1.29, 1.82) is 0 Å². The first kappa shape index (κ1) is 12.3. The van der Waals surface area contributed by atoms with Gasteiger partial charge < -0.3 is 10.6 Å². The summed E-state index contributed by atoms with van der Waals surface area (Å²) in [4.78, 5) is 11.3. The molecular weight excluding hydrogens is 164 g/mol. The van der Waals surface area contributed by atoms with Gasteiger partial charge in [-0.15, -0.1) is 0 Å². The van der Waals surface area contributed by atoms with E-state index in [1.165, 1.54) is 0 Å². The molecule has 2 amide bonds. The molecule has 0 spiro atoms. The fourth-order valence-corrected chi connectivity index (χ4v) is 0.819. The molecule has 0 rings (SSSR count). The Morgan fingerprint density at radius 1 is 1.31 bits per heavy atom. The molecule has 0 heterocycles. The van der Waals surface area contributed by atoms with E-state index in [-0.39, 0.29) is 11.6 Å². The standard InChI is InChI=1S/C10H22N2O/c1-5-7-8-11-9(13)12-10(3,4)6-2/h5-8H2,1-4H3,(H2,11,12,13). The highest BCUT2D eigenvalue weighted by atomic mass is 16.2. The zero-order valence-electron chi connectivity index (χ0n) is 9.24. The highest BCUT2D eigenvalue weighted by Gasteiger charge is 2.16. The Labute approximate surface area is 81.3 Å². The number of urea groups is 1. The van der Waals surface area contributed by atoms with Gasteiger partial charge in [0.05, 0.1) is 0 Å². The van der Waals surface area contributed by atoms with E-state index in [2.05, 4.69) is 24.5 Å². The zero-order chi connectivity index (χ0) is 10.3. The molecular formula is C10H22N2O. The van der Waals surface area contributed by atoms with Crippen LogP contribution in [0.15, 0.2) is 0 Å². The maximum Gasteiger partial charge on any atom is 0.315 e. The Morgan fingerprint density at radius 3 is 2.38 bits per heavy atom. The van der Waals surface area contributed by atoms with Gasteiger partial charge in [-0.1, -0.05) is 20.3 Å². The van der Waals surface area contributed by atoms with Gasteiger partial charge in [0.1, 0.15) is 0 Å². The molecule has 0 aromatic heterocycles. The van der Waals surface area contributed by atoms with E-state index >= 15 is 0 Å². The van der Waals surface area contributed by atoms with Crippen LogP contribution < -0.4 is 10.6 Å². The summed E-state index contributed by atoms with van der Waals surface area (Å²) in [6.45, 7) is 8.98. The number of carbonyl (C=O) groups is 1. The molecule has 78 valence electrons. The van der Waals surface area contributed by atoms with Gasteiger partial charge in [0.15, 0.2) is 0 Å². The number of nitrogens with one attached hydrogen (secondary N) is 2. The average molecular weight is 186 g/mol. The quantitative estimate of drug-likeness (QED) is 0.635. The minimum absolute atomic E-state index is 0.0553. The predicted octanol–water partition coefficient (Wildman–Crippen LogP) is 2.27. The average Bonchev–Trinajstić information content (AvgIpc) is 2.04. The molecule has 0 aromatic carbocycles. The predicted molar refractivity (Wildman–Crippen MR) is 55.8 cm³/mol. The fraction of sp³-hybridized carbons (Fsp3) is 0.900. The fourth-order valence-electron chi connectivity index (χ4n) is 0.819. The lowest BCUT2D eigenvalue weighted by Gasteiger charge is -2.24. The van der Waals surface area contributed by atoms with Gasteiger partial charge in [-0.3, -0.25) is 0 Å². The molecule has 0 aromatic rings. The van der Waals surface area contributed by atoms with Crippen molar-refractivity contribution in [2.45, 2.75) is 52.5 Å². The number of hydrogen-bond acceptors (Lipinski definition) is 1. The lowest BCUT2D eigenvalue weighted by molar-refractivity contribution is 0.228. The first-order valence-corrected chi connectivity index (χ1v) is 5.08. The smallest absolute Gasteiger partial charge is 0.315 e. The minimum atomic E-state index is -0.101. The van der Waals surface area contributed by atoms with Crippen LogP contribution in [-0.2, 0) is 0 Å². The minimum Gasteiger partial charge on any atom is -0.338 e. The van der Waals surface area contributed by atoms with Gasteiger partial charge in [0, 0.05) is 12.1 Å². The summed E-state index contributed by atoms with van der Waals surface area (Å²) in [5.74, 6) is 0. The van der Waals surface area contributed by atoms with E-state index in [1.54, 1.807) is 0 Å². The molecule has 3 nitrogen and oxygen atoms in total. The van der Waals surface area contributed by atoms with Crippen molar-refractivity contribution in [1.82, 2.24) is 10.6 Å². The van der Waals surface area contributed by atoms with Gasteiger partial charge in [-0.25, -0.2) is 4.79 Å². The molecule has 2 N–H and O–H groups in total. The topological polar surface area (TPSA) is 41.1 Å². The van der Waals surface area contributed by atoms with Crippen LogP contribution in [0.5, 0.6) is 0 Å². The highest BCUT2D eigenvalue weighted by Crippen LogP contribution is 2.05. The van der Waals surface area contributed by atoms with Crippen LogP contribution in [0.2, 0.25) is 0 Å². The van der Waals surface area contributed by atoms with Crippen LogP contribution in [0.3, 0.4) is 0 Å². The zero-order valence-corrected chi connectivity index (χ0v) is 9.24. The molecule has 13 heavy (non-hydrogen) atoms. The molecule has 3 heteroatoms. The van der Waals surface area contributed by atoms with Crippen LogP contribution in [-0.4, -0.2) is 18.1 Å². The van der Waals surface area contributed by atoms with Crippen LogP contribution in [0.25, 0.3) is 0 Å². The summed E-state index contributed by atoms with van der Waals surface area (Å²) in [7, 11) is 0. The highest BCUT2D eigenvalue weighted by molar-refractivity contribution is 5.74. The first-order valence-electron chi connectivity index (χ1n) is 5.08. The lowest BCUT2D eigenvalue weighted by atomic mass is 10.0.